The molecule has 2 aliphatic rings. The minimum absolute atomic E-state index is 0.0325. The Kier molecular flexibility index (Phi) is 5.22. The number of carbonyl (C=O) groups excluding carboxylic acids is 1. The van der Waals surface area contributed by atoms with Crippen LogP contribution < -0.4 is 0 Å². The van der Waals surface area contributed by atoms with E-state index in [4.69, 9.17) is 9.47 Å². The number of esters is 1. The van der Waals surface area contributed by atoms with Gasteiger partial charge < -0.3 is 9.47 Å². The highest BCUT2D eigenvalue weighted by Crippen LogP contribution is 2.45. The number of hydrogen-bond donors (Lipinski definition) is 0. The third-order valence-corrected chi connectivity index (χ3v) is 4.81. The molecule has 2 atom stereocenters. The molecule has 19 heavy (non-hydrogen) atoms. The number of morpholine rings is 1. The second-order valence-corrected chi connectivity index (χ2v) is 5.68. The summed E-state index contributed by atoms with van der Waals surface area (Å²) < 4.78 is 10.7. The quantitative estimate of drug-likeness (QED) is 0.717. The first-order valence-electron chi connectivity index (χ1n) is 7.71. The van der Waals surface area contributed by atoms with E-state index < -0.39 is 0 Å². The summed E-state index contributed by atoms with van der Waals surface area (Å²) in [6.45, 7) is 8.10. The lowest BCUT2D eigenvalue weighted by Gasteiger charge is -2.46. The summed E-state index contributed by atoms with van der Waals surface area (Å²) in [5.74, 6) is 0.587. The Balaban J connectivity index is 2.14. The maximum Gasteiger partial charge on any atom is 0.307 e. The van der Waals surface area contributed by atoms with E-state index in [2.05, 4.69) is 11.8 Å². The van der Waals surface area contributed by atoms with Gasteiger partial charge in [-0.2, -0.15) is 0 Å². The molecular weight excluding hydrogens is 242 g/mol. The van der Waals surface area contributed by atoms with Gasteiger partial charge in [0.2, 0.25) is 0 Å². The van der Waals surface area contributed by atoms with Crippen LogP contribution in [0.4, 0.5) is 0 Å². The smallest absolute Gasteiger partial charge is 0.307 e. The van der Waals surface area contributed by atoms with E-state index in [1.165, 1.54) is 12.8 Å². The summed E-state index contributed by atoms with van der Waals surface area (Å²) in [6, 6.07) is 0. The zero-order valence-corrected chi connectivity index (χ0v) is 12.3. The molecule has 0 aromatic carbocycles. The maximum atomic E-state index is 12.0. The lowest BCUT2D eigenvalue weighted by Crippen LogP contribution is -2.56. The van der Waals surface area contributed by atoms with Crippen molar-refractivity contribution in [3.05, 3.63) is 0 Å². The zero-order valence-electron chi connectivity index (χ0n) is 12.3. The molecule has 1 aliphatic heterocycles. The summed E-state index contributed by atoms with van der Waals surface area (Å²) in [6.07, 6.45) is 5.31. The number of ether oxygens (including phenoxy) is 2. The van der Waals surface area contributed by atoms with Crippen molar-refractivity contribution in [3.8, 4) is 0 Å². The number of rotatable bonds is 5. The third kappa shape index (κ3) is 3.11. The van der Waals surface area contributed by atoms with E-state index in [0.29, 0.717) is 18.9 Å². The minimum Gasteiger partial charge on any atom is -0.466 e. The van der Waals surface area contributed by atoms with Crippen molar-refractivity contribution in [2.24, 2.45) is 5.92 Å². The molecule has 0 bridgehead atoms. The van der Waals surface area contributed by atoms with Crippen LogP contribution in [0.25, 0.3) is 0 Å². The Bertz CT molecular complexity index is 302. The van der Waals surface area contributed by atoms with E-state index in [9.17, 15) is 4.79 Å². The van der Waals surface area contributed by atoms with Gasteiger partial charge in [-0.05, 0) is 25.7 Å². The molecule has 2 unspecified atom stereocenters. The van der Waals surface area contributed by atoms with Crippen LogP contribution in [0.3, 0.4) is 0 Å². The lowest BCUT2D eigenvalue weighted by atomic mass is 9.80. The Morgan fingerprint density at radius 1 is 1.37 bits per heavy atom. The topological polar surface area (TPSA) is 38.8 Å². The summed E-state index contributed by atoms with van der Waals surface area (Å²) in [7, 11) is 0. The van der Waals surface area contributed by atoms with Crippen LogP contribution in [0.1, 0.15) is 46.0 Å². The predicted octanol–water partition coefficient (Wildman–Crippen LogP) is 2.22. The van der Waals surface area contributed by atoms with E-state index in [0.717, 1.165) is 39.1 Å². The van der Waals surface area contributed by atoms with Gasteiger partial charge in [-0.1, -0.05) is 19.8 Å². The molecule has 2 fully saturated rings. The van der Waals surface area contributed by atoms with Crippen molar-refractivity contribution in [2.45, 2.75) is 51.5 Å². The molecule has 4 nitrogen and oxygen atoms in total. The van der Waals surface area contributed by atoms with E-state index in [1.54, 1.807) is 0 Å². The van der Waals surface area contributed by atoms with Gasteiger partial charge in [0, 0.05) is 18.6 Å². The Morgan fingerprint density at radius 2 is 2.11 bits per heavy atom. The van der Waals surface area contributed by atoms with E-state index in [1.807, 2.05) is 6.92 Å². The van der Waals surface area contributed by atoms with Crippen molar-refractivity contribution in [1.29, 1.82) is 0 Å². The number of hydrogen-bond acceptors (Lipinski definition) is 4. The first kappa shape index (κ1) is 14.8. The van der Waals surface area contributed by atoms with Crippen LogP contribution in [-0.4, -0.2) is 49.3 Å². The standard InChI is InChI=1S/C15H27NO3/c1-3-13-6-5-7-15(13,12-14(17)19-4-2)16-8-10-18-11-9-16/h13H,3-12H2,1-2H3. The molecular formula is C15H27NO3. The minimum atomic E-state index is -0.0330. The van der Waals surface area contributed by atoms with Crippen molar-refractivity contribution in [3.63, 3.8) is 0 Å². The van der Waals surface area contributed by atoms with Gasteiger partial charge in [0.15, 0.2) is 0 Å². The maximum absolute atomic E-state index is 12.0. The summed E-state index contributed by atoms with van der Waals surface area (Å²) in [5.41, 5.74) is 0.0325. The Labute approximate surface area is 116 Å². The average molecular weight is 269 g/mol. The summed E-state index contributed by atoms with van der Waals surface area (Å²) in [4.78, 5) is 14.5. The molecule has 0 aromatic heterocycles. The fourth-order valence-electron chi connectivity index (χ4n) is 3.94. The van der Waals surface area contributed by atoms with Crippen LogP contribution in [0.5, 0.6) is 0 Å². The molecule has 1 saturated heterocycles. The summed E-state index contributed by atoms with van der Waals surface area (Å²) >= 11 is 0. The second-order valence-electron chi connectivity index (χ2n) is 5.68. The third-order valence-electron chi connectivity index (χ3n) is 4.81. The van der Waals surface area contributed by atoms with Gasteiger partial charge in [-0.15, -0.1) is 0 Å². The molecule has 1 heterocycles. The normalized spacial score (nSPS) is 32.4. The van der Waals surface area contributed by atoms with Gasteiger partial charge in [0.05, 0.1) is 26.2 Å². The van der Waals surface area contributed by atoms with Gasteiger partial charge >= 0.3 is 5.97 Å². The highest BCUT2D eigenvalue weighted by Gasteiger charge is 2.48. The predicted molar refractivity (Wildman–Crippen MR) is 74.0 cm³/mol. The molecule has 2 rings (SSSR count). The molecule has 0 aromatic rings. The fraction of sp³-hybridized carbons (Fsp3) is 0.933. The molecule has 0 radical (unpaired) electrons. The molecule has 0 spiro atoms. The van der Waals surface area contributed by atoms with Crippen molar-refractivity contribution >= 4 is 5.97 Å². The molecule has 0 amide bonds. The SMILES string of the molecule is CCOC(=O)CC1(N2CCOCC2)CCCC1CC. The monoisotopic (exact) mass is 269 g/mol. The number of nitrogens with zero attached hydrogens (tertiary/aromatic N) is 1. The molecule has 1 aliphatic carbocycles. The molecule has 4 heteroatoms. The largest absolute Gasteiger partial charge is 0.466 e. The van der Waals surface area contributed by atoms with Crippen LogP contribution in [-0.2, 0) is 14.3 Å². The van der Waals surface area contributed by atoms with Gasteiger partial charge in [-0.3, -0.25) is 9.69 Å². The first-order chi connectivity index (χ1) is 9.23. The fourth-order valence-corrected chi connectivity index (χ4v) is 3.94. The van der Waals surface area contributed by atoms with Crippen LogP contribution in [0.2, 0.25) is 0 Å². The average Bonchev–Trinajstić information content (AvgIpc) is 2.84. The van der Waals surface area contributed by atoms with Crippen LogP contribution in [0.15, 0.2) is 0 Å². The second kappa shape index (κ2) is 6.71. The highest BCUT2D eigenvalue weighted by atomic mass is 16.5. The Hall–Kier alpha value is -0.610. The molecule has 1 saturated carbocycles. The number of carbonyl (C=O) groups is 1. The van der Waals surface area contributed by atoms with Crippen molar-refractivity contribution in [2.75, 3.05) is 32.9 Å². The first-order valence-corrected chi connectivity index (χ1v) is 7.71. The van der Waals surface area contributed by atoms with E-state index in [-0.39, 0.29) is 11.5 Å². The Morgan fingerprint density at radius 3 is 2.74 bits per heavy atom. The highest BCUT2D eigenvalue weighted by molar-refractivity contribution is 5.71. The molecule has 0 N–H and O–H groups in total. The summed E-state index contributed by atoms with van der Waals surface area (Å²) in [5, 5.41) is 0. The van der Waals surface area contributed by atoms with Gasteiger partial charge in [0.25, 0.3) is 0 Å². The van der Waals surface area contributed by atoms with Crippen molar-refractivity contribution in [1.82, 2.24) is 4.90 Å². The molecule has 110 valence electrons. The zero-order chi connectivity index (χ0) is 13.7. The van der Waals surface area contributed by atoms with Gasteiger partial charge in [0.1, 0.15) is 0 Å². The van der Waals surface area contributed by atoms with Crippen LogP contribution in [0, 0.1) is 5.92 Å². The van der Waals surface area contributed by atoms with Crippen LogP contribution >= 0.6 is 0 Å². The van der Waals surface area contributed by atoms with Crippen molar-refractivity contribution < 1.29 is 14.3 Å². The van der Waals surface area contributed by atoms with E-state index >= 15 is 0 Å². The lowest BCUT2D eigenvalue weighted by molar-refractivity contribution is -0.149. The van der Waals surface area contributed by atoms with Gasteiger partial charge in [-0.25, -0.2) is 0 Å².